The fraction of sp³-hybridized carbons (Fsp3) is 0.471. The van der Waals surface area contributed by atoms with Crippen molar-refractivity contribution in [2.24, 2.45) is 5.73 Å². The lowest BCUT2D eigenvalue weighted by molar-refractivity contribution is -0.139. The van der Waals surface area contributed by atoms with Gasteiger partial charge in [-0.05, 0) is 12.0 Å². The van der Waals surface area contributed by atoms with Crippen molar-refractivity contribution in [1.82, 2.24) is 10.6 Å². The van der Waals surface area contributed by atoms with Crippen molar-refractivity contribution in [2.75, 3.05) is 13.7 Å². The monoisotopic (exact) mass is 351 g/mol. The Hall–Kier alpha value is -2.45. The highest BCUT2D eigenvalue weighted by atomic mass is 16.5. The van der Waals surface area contributed by atoms with Gasteiger partial charge in [0.1, 0.15) is 6.04 Å². The van der Waals surface area contributed by atoms with Crippen molar-refractivity contribution in [3.8, 4) is 0 Å². The van der Waals surface area contributed by atoms with Crippen molar-refractivity contribution < 1.29 is 24.2 Å². The maximum atomic E-state index is 12.5. The number of hydrogen-bond donors (Lipinski definition) is 4. The largest absolute Gasteiger partial charge is 0.481 e. The Labute approximate surface area is 146 Å². The van der Waals surface area contributed by atoms with E-state index in [9.17, 15) is 14.4 Å². The SMILES string of the molecule is CC[C@@H](NC(=O)[C@@H](N)CC(=O)O)C(=O)NC(COC)c1ccccc1. The number of nitrogens with one attached hydrogen (secondary N) is 2. The molecule has 0 heterocycles. The topological polar surface area (TPSA) is 131 Å². The van der Waals surface area contributed by atoms with Gasteiger partial charge in [-0.2, -0.15) is 0 Å². The molecule has 0 aliphatic rings. The number of benzene rings is 1. The predicted octanol–water partition coefficient (Wildman–Crippen LogP) is 0.187. The molecule has 0 fully saturated rings. The molecule has 1 unspecified atom stereocenters. The van der Waals surface area contributed by atoms with Crippen molar-refractivity contribution in [1.29, 1.82) is 0 Å². The van der Waals surface area contributed by atoms with E-state index in [4.69, 9.17) is 15.6 Å². The van der Waals surface area contributed by atoms with Crippen LogP contribution in [0.2, 0.25) is 0 Å². The van der Waals surface area contributed by atoms with E-state index in [1.807, 2.05) is 30.3 Å². The first-order valence-electron chi connectivity index (χ1n) is 8.01. The number of methoxy groups -OCH3 is 1. The highest BCUT2D eigenvalue weighted by Gasteiger charge is 2.25. The van der Waals surface area contributed by atoms with E-state index in [0.717, 1.165) is 5.56 Å². The Morgan fingerprint density at radius 3 is 2.32 bits per heavy atom. The fourth-order valence-electron chi connectivity index (χ4n) is 2.26. The molecule has 0 bridgehead atoms. The molecule has 0 aromatic heterocycles. The Morgan fingerprint density at radius 2 is 1.80 bits per heavy atom. The van der Waals surface area contributed by atoms with Crippen LogP contribution in [0.4, 0.5) is 0 Å². The molecular weight excluding hydrogens is 326 g/mol. The van der Waals surface area contributed by atoms with Gasteiger partial charge in [0.05, 0.1) is 25.1 Å². The lowest BCUT2D eigenvalue weighted by Gasteiger charge is -2.23. The lowest BCUT2D eigenvalue weighted by Crippen LogP contribution is -2.52. The summed E-state index contributed by atoms with van der Waals surface area (Å²) in [5.41, 5.74) is 6.39. The van der Waals surface area contributed by atoms with E-state index in [1.54, 1.807) is 6.92 Å². The standard InChI is InChI=1S/C17H25N3O5/c1-3-13(19-16(23)12(18)9-15(21)22)17(24)20-14(10-25-2)11-7-5-4-6-8-11/h4-8,12-14H,3,9-10,18H2,1-2H3,(H,19,23)(H,20,24)(H,21,22)/t12-,13+,14?/m0/s1. The third kappa shape index (κ3) is 6.90. The van der Waals surface area contributed by atoms with Crippen LogP contribution in [0.5, 0.6) is 0 Å². The molecule has 1 rings (SSSR count). The van der Waals surface area contributed by atoms with Crippen LogP contribution in [0, 0.1) is 0 Å². The summed E-state index contributed by atoms with van der Waals surface area (Å²) < 4.78 is 5.15. The van der Waals surface area contributed by atoms with E-state index in [1.165, 1.54) is 7.11 Å². The van der Waals surface area contributed by atoms with Gasteiger partial charge in [0.2, 0.25) is 11.8 Å². The summed E-state index contributed by atoms with van der Waals surface area (Å²) in [6, 6.07) is 6.94. The van der Waals surface area contributed by atoms with Crippen molar-refractivity contribution in [3.63, 3.8) is 0 Å². The molecule has 1 aromatic carbocycles. The van der Waals surface area contributed by atoms with Crippen LogP contribution < -0.4 is 16.4 Å². The average Bonchev–Trinajstić information content (AvgIpc) is 2.59. The highest BCUT2D eigenvalue weighted by molar-refractivity contribution is 5.91. The van der Waals surface area contributed by atoms with E-state index in [0.29, 0.717) is 6.42 Å². The predicted molar refractivity (Wildman–Crippen MR) is 91.7 cm³/mol. The summed E-state index contributed by atoms with van der Waals surface area (Å²) in [7, 11) is 1.53. The lowest BCUT2D eigenvalue weighted by atomic mass is 10.1. The second kappa shape index (κ2) is 10.4. The Kier molecular flexibility index (Phi) is 8.59. The number of rotatable bonds is 10. The van der Waals surface area contributed by atoms with Crippen molar-refractivity contribution in [3.05, 3.63) is 35.9 Å². The zero-order valence-corrected chi connectivity index (χ0v) is 14.4. The number of ether oxygens (including phenoxy) is 1. The number of nitrogens with two attached hydrogens (primary N) is 1. The van der Waals surface area contributed by atoms with Crippen LogP contribution >= 0.6 is 0 Å². The maximum absolute atomic E-state index is 12.5. The molecule has 2 amide bonds. The number of carboxylic acid groups (broad SMARTS) is 1. The smallest absolute Gasteiger partial charge is 0.305 e. The van der Waals surface area contributed by atoms with E-state index in [-0.39, 0.29) is 18.6 Å². The maximum Gasteiger partial charge on any atom is 0.305 e. The molecule has 3 atom stereocenters. The Balaban J connectivity index is 2.73. The third-order valence-electron chi connectivity index (χ3n) is 3.62. The zero-order chi connectivity index (χ0) is 18.8. The van der Waals surface area contributed by atoms with Gasteiger partial charge >= 0.3 is 5.97 Å². The minimum Gasteiger partial charge on any atom is -0.481 e. The molecule has 1 aromatic rings. The van der Waals surface area contributed by atoms with Crippen LogP contribution in [0.1, 0.15) is 31.4 Å². The molecule has 8 heteroatoms. The van der Waals surface area contributed by atoms with Gasteiger partial charge in [-0.25, -0.2) is 0 Å². The first-order chi connectivity index (χ1) is 11.9. The van der Waals surface area contributed by atoms with Gasteiger partial charge in [-0.15, -0.1) is 0 Å². The number of aliphatic carboxylic acids is 1. The van der Waals surface area contributed by atoms with Crippen LogP contribution in [-0.4, -0.2) is 48.7 Å². The molecule has 0 saturated carbocycles. The fourth-order valence-corrected chi connectivity index (χ4v) is 2.26. The molecule has 0 aliphatic heterocycles. The summed E-state index contributed by atoms with van der Waals surface area (Å²) in [6.45, 7) is 2.01. The number of carboxylic acids is 1. The van der Waals surface area contributed by atoms with Crippen LogP contribution in [0.3, 0.4) is 0 Å². The summed E-state index contributed by atoms with van der Waals surface area (Å²) in [5, 5.41) is 14.0. The molecule has 0 radical (unpaired) electrons. The molecule has 5 N–H and O–H groups in total. The molecule has 8 nitrogen and oxygen atoms in total. The second-order valence-electron chi connectivity index (χ2n) is 5.60. The summed E-state index contributed by atoms with van der Waals surface area (Å²) in [5.74, 6) is -2.24. The normalized spacial score (nSPS) is 14.2. The van der Waals surface area contributed by atoms with Crippen molar-refractivity contribution >= 4 is 17.8 Å². The summed E-state index contributed by atoms with van der Waals surface area (Å²) in [6.07, 6.45) is -0.161. The first-order valence-corrected chi connectivity index (χ1v) is 8.01. The minimum absolute atomic E-state index is 0.276. The number of hydrogen-bond acceptors (Lipinski definition) is 5. The average molecular weight is 351 g/mol. The minimum atomic E-state index is -1.21. The molecule has 25 heavy (non-hydrogen) atoms. The first kappa shape index (κ1) is 20.6. The number of amides is 2. The van der Waals surface area contributed by atoms with Gasteiger partial charge in [-0.3, -0.25) is 14.4 Å². The molecule has 0 saturated heterocycles. The van der Waals surface area contributed by atoms with Gasteiger partial charge in [0.15, 0.2) is 0 Å². The molecule has 138 valence electrons. The van der Waals surface area contributed by atoms with Gasteiger partial charge in [-0.1, -0.05) is 37.3 Å². The third-order valence-corrected chi connectivity index (χ3v) is 3.62. The Bertz CT molecular complexity index is 579. The van der Waals surface area contributed by atoms with Crippen LogP contribution in [-0.2, 0) is 19.1 Å². The number of carbonyl (C=O) groups excluding carboxylic acids is 2. The molecular formula is C17H25N3O5. The second-order valence-corrected chi connectivity index (χ2v) is 5.60. The van der Waals surface area contributed by atoms with Crippen molar-refractivity contribution in [2.45, 2.75) is 37.9 Å². The number of carbonyl (C=O) groups is 3. The summed E-state index contributed by atoms with van der Waals surface area (Å²) in [4.78, 5) is 35.0. The zero-order valence-electron chi connectivity index (χ0n) is 14.4. The van der Waals surface area contributed by atoms with E-state index >= 15 is 0 Å². The van der Waals surface area contributed by atoms with Gasteiger partial charge in [0, 0.05) is 7.11 Å². The van der Waals surface area contributed by atoms with Crippen LogP contribution in [0.15, 0.2) is 30.3 Å². The highest BCUT2D eigenvalue weighted by Crippen LogP contribution is 2.13. The molecule has 0 spiro atoms. The van der Waals surface area contributed by atoms with Crippen LogP contribution in [0.25, 0.3) is 0 Å². The van der Waals surface area contributed by atoms with E-state index < -0.39 is 30.4 Å². The quantitative estimate of drug-likeness (QED) is 0.476. The van der Waals surface area contributed by atoms with Gasteiger partial charge < -0.3 is 26.2 Å². The Morgan fingerprint density at radius 1 is 1.16 bits per heavy atom. The summed E-state index contributed by atoms with van der Waals surface area (Å²) >= 11 is 0. The van der Waals surface area contributed by atoms with Gasteiger partial charge in [0.25, 0.3) is 0 Å². The molecule has 0 aliphatic carbocycles. The van der Waals surface area contributed by atoms with E-state index in [2.05, 4.69) is 10.6 Å².